The van der Waals surface area contributed by atoms with E-state index in [1.807, 2.05) is 33.9 Å². The van der Waals surface area contributed by atoms with Crippen molar-refractivity contribution in [1.82, 2.24) is 9.55 Å². The van der Waals surface area contributed by atoms with Gasteiger partial charge in [-0.1, -0.05) is 33.9 Å². The highest BCUT2D eigenvalue weighted by atomic mass is 28.3. The van der Waals surface area contributed by atoms with Crippen LogP contribution in [0.15, 0.2) is 11.0 Å². The average Bonchev–Trinajstić information content (AvgIpc) is 2.89. The van der Waals surface area contributed by atoms with E-state index in [2.05, 4.69) is 4.98 Å². The van der Waals surface area contributed by atoms with Crippen molar-refractivity contribution in [2.45, 2.75) is 70.9 Å². The zero-order valence-corrected chi connectivity index (χ0v) is 18.5. The Labute approximate surface area is 166 Å². The number of nitrogens with zero attached hydrogens (tertiary/aromatic N) is 2. The number of aliphatic hydroxyl groups is 2. The molecule has 1 aliphatic rings. The van der Waals surface area contributed by atoms with E-state index in [0.717, 1.165) is 0 Å². The number of ether oxygens (including phenoxy) is 2. The molecule has 0 amide bonds. The van der Waals surface area contributed by atoms with Crippen LogP contribution in [0.3, 0.4) is 0 Å². The lowest BCUT2D eigenvalue weighted by Gasteiger charge is -2.40. The smallest absolute Gasteiger partial charge is 0.351 e. The van der Waals surface area contributed by atoms with E-state index in [1.165, 1.54) is 17.7 Å². The first-order valence-electron chi connectivity index (χ1n) is 9.31. The van der Waals surface area contributed by atoms with Crippen LogP contribution in [0.25, 0.3) is 0 Å². The van der Waals surface area contributed by atoms with Crippen molar-refractivity contribution in [3.63, 3.8) is 0 Å². The van der Waals surface area contributed by atoms with Gasteiger partial charge in [0.2, 0.25) is 0 Å². The van der Waals surface area contributed by atoms with Gasteiger partial charge in [-0.15, -0.1) is 0 Å². The Morgan fingerprint density at radius 2 is 2.11 bits per heavy atom. The second-order valence-electron chi connectivity index (χ2n) is 8.72. The van der Waals surface area contributed by atoms with Crippen molar-refractivity contribution in [3.05, 3.63) is 22.2 Å². The number of hydrogen-bond acceptors (Lipinski definition) is 8. The number of nitrogens with two attached hydrogens (primary N) is 1. The van der Waals surface area contributed by atoms with E-state index in [0.29, 0.717) is 5.56 Å². The monoisotopic (exact) mass is 413 g/mol. The fraction of sp³-hybridized carbons (Fsp3) is 0.722. The molecule has 28 heavy (non-hydrogen) atoms. The van der Waals surface area contributed by atoms with Crippen molar-refractivity contribution >= 4 is 20.6 Å². The molecular weight excluding hydrogens is 382 g/mol. The number of esters is 1. The van der Waals surface area contributed by atoms with Gasteiger partial charge in [-0.2, -0.15) is 4.98 Å². The maximum absolute atomic E-state index is 12.7. The van der Waals surface area contributed by atoms with Crippen molar-refractivity contribution in [1.29, 1.82) is 0 Å². The lowest BCUT2D eigenvalue weighted by Crippen LogP contribution is -2.53. The van der Waals surface area contributed by atoms with E-state index in [1.54, 1.807) is 0 Å². The van der Waals surface area contributed by atoms with Gasteiger partial charge < -0.3 is 25.4 Å². The van der Waals surface area contributed by atoms with Gasteiger partial charge in [-0.05, 0) is 5.41 Å². The number of hydrogen-bond donors (Lipinski definition) is 3. The first-order chi connectivity index (χ1) is 12.8. The molecule has 0 unspecified atom stereocenters. The van der Waals surface area contributed by atoms with Crippen LogP contribution in [-0.4, -0.2) is 52.8 Å². The highest BCUT2D eigenvalue weighted by molar-refractivity contribution is 6.58. The molecule has 0 bridgehead atoms. The lowest BCUT2D eigenvalue weighted by molar-refractivity contribution is -0.142. The fourth-order valence-electron chi connectivity index (χ4n) is 3.65. The largest absolute Gasteiger partial charge is 0.461 e. The van der Waals surface area contributed by atoms with Gasteiger partial charge in [0.15, 0.2) is 0 Å². The summed E-state index contributed by atoms with van der Waals surface area (Å²) in [5.41, 5.74) is 3.65. The topological polar surface area (TPSA) is 137 Å². The summed E-state index contributed by atoms with van der Waals surface area (Å²) in [6, 6.07) is 0. The lowest BCUT2D eigenvalue weighted by atomic mass is 9.72. The van der Waals surface area contributed by atoms with Crippen LogP contribution in [0.1, 0.15) is 39.7 Å². The van der Waals surface area contributed by atoms with Crippen molar-refractivity contribution in [3.8, 4) is 0 Å². The average molecular weight is 414 g/mol. The molecule has 1 aliphatic heterocycles. The van der Waals surface area contributed by atoms with Gasteiger partial charge >= 0.3 is 11.7 Å². The number of rotatable bonds is 5. The Morgan fingerprint density at radius 3 is 2.54 bits per heavy atom. The summed E-state index contributed by atoms with van der Waals surface area (Å²) in [6.45, 7) is 10.4. The van der Waals surface area contributed by atoms with Crippen LogP contribution in [0.5, 0.6) is 0 Å². The number of anilines is 1. The molecule has 3 atom stereocenters. The summed E-state index contributed by atoms with van der Waals surface area (Å²) in [5, 5.41) is 20.2. The Morgan fingerprint density at radius 1 is 1.50 bits per heavy atom. The fourth-order valence-corrected chi connectivity index (χ4v) is 5.55. The zero-order chi connectivity index (χ0) is 21.5. The SMILES string of the molecule is CC(=O)OCc1cn([C@@]2([SiH](C)C)C[C@@](O)(C(C)(C)C)[C@@H](CO)O2)c(=O)nc1N. The second kappa shape index (κ2) is 7.58. The molecule has 10 heteroatoms. The maximum atomic E-state index is 12.7. The van der Waals surface area contributed by atoms with Gasteiger partial charge in [0.1, 0.15) is 29.5 Å². The minimum atomic E-state index is -1.81. The molecule has 4 N–H and O–H groups in total. The van der Waals surface area contributed by atoms with Crippen LogP contribution in [0, 0.1) is 5.41 Å². The van der Waals surface area contributed by atoms with E-state index in [-0.39, 0.29) is 25.5 Å². The molecule has 2 heterocycles. The van der Waals surface area contributed by atoms with Crippen LogP contribution in [0.4, 0.5) is 5.82 Å². The molecule has 0 aliphatic carbocycles. The third-order valence-electron chi connectivity index (χ3n) is 5.64. The Balaban J connectivity index is 2.63. The normalized spacial score (nSPS) is 28.0. The molecule has 0 spiro atoms. The summed E-state index contributed by atoms with van der Waals surface area (Å²) in [7, 11) is -1.81. The first-order valence-corrected chi connectivity index (χ1v) is 12.2. The molecule has 0 radical (unpaired) electrons. The molecule has 1 fully saturated rings. The minimum absolute atomic E-state index is 0.0224. The predicted octanol–water partition coefficient (Wildman–Crippen LogP) is 0.126. The Kier molecular flexibility index (Phi) is 6.10. The maximum Gasteiger partial charge on any atom is 0.351 e. The highest BCUT2D eigenvalue weighted by Crippen LogP contribution is 2.50. The molecule has 1 aromatic rings. The summed E-state index contributed by atoms with van der Waals surface area (Å²) in [6.07, 6.45) is 0.768. The molecule has 1 saturated heterocycles. The third-order valence-corrected chi connectivity index (χ3v) is 8.07. The second-order valence-corrected chi connectivity index (χ2v) is 11.9. The van der Waals surface area contributed by atoms with Gasteiger partial charge in [-0.25, -0.2) is 4.79 Å². The minimum Gasteiger partial charge on any atom is -0.461 e. The van der Waals surface area contributed by atoms with Crippen LogP contribution in [0.2, 0.25) is 13.1 Å². The quantitative estimate of drug-likeness (QED) is 0.457. The Bertz CT molecular complexity index is 805. The molecular formula is C18H31N3O6Si. The summed E-state index contributed by atoms with van der Waals surface area (Å²) < 4.78 is 12.6. The number of nitrogen functional groups attached to an aromatic ring is 1. The number of carbonyl (C=O) groups is 1. The first kappa shape index (κ1) is 22.5. The highest BCUT2D eigenvalue weighted by Gasteiger charge is 2.62. The van der Waals surface area contributed by atoms with E-state index in [9.17, 15) is 19.8 Å². The number of aliphatic hydroxyl groups excluding tert-OH is 1. The van der Waals surface area contributed by atoms with Gasteiger partial charge in [0, 0.05) is 25.1 Å². The molecule has 0 saturated carbocycles. The van der Waals surface area contributed by atoms with Crippen molar-refractivity contribution in [2.75, 3.05) is 12.3 Å². The summed E-state index contributed by atoms with van der Waals surface area (Å²) in [4.78, 5) is 27.8. The predicted molar refractivity (Wildman–Crippen MR) is 106 cm³/mol. The molecule has 9 nitrogen and oxygen atoms in total. The van der Waals surface area contributed by atoms with Crippen LogP contribution in [-0.2, 0) is 26.2 Å². The third kappa shape index (κ3) is 3.73. The number of carbonyl (C=O) groups excluding carboxylic acids is 1. The van der Waals surface area contributed by atoms with Gasteiger partial charge in [-0.3, -0.25) is 9.36 Å². The summed E-state index contributed by atoms with van der Waals surface area (Å²) in [5.74, 6) is -0.504. The van der Waals surface area contributed by atoms with Gasteiger partial charge in [0.05, 0.1) is 15.4 Å². The molecule has 158 valence electrons. The standard InChI is InChI=1S/C18H31N3O6Si/c1-11(23)26-9-12-7-21(15(24)20-14(12)19)18(28(5)6)10-17(25,16(2,3)4)13(8-22)27-18/h7,13,22,25,28H,8-10H2,1-6H3,(H2,19,20,24)/t13-,17+,18+/m1/s1. The molecule has 2 rings (SSSR count). The van der Waals surface area contributed by atoms with Crippen molar-refractivity contribution < 1.29 is 24.5 Å². The van der Waals surface area contributed by atoms with E-state index in [4.69, 9.17) is 15.2 Å². The zero-order valence-electron chi connectivity index (χ0n) is 17.4. The van der Waals surface area contributed by atoms with Crippen LogP contribution < -0.4 is 11.4 Å². The number of aromatic nitrogens is 2. The molecule has 0 aromatic carbocycles. The van der Waals surface area contributed by atoms with Crippen molar-refractivity contribution in [2.24, 2.45) is 5.41 Å². The van der Waals surface area contributed by atoms with Gasteiger partial charge in [0.25, 0.3) is 0 Å². The summed E-state index contributed by atoms with van der Waals surface area (Å²) >= 11 is 0. The molecule has 1 aromatic heterocycles. The van der Waals surface area contributed by atoms with E-state index >= 15 is 0 Å². The Hall–Kier alpha value is -1.75. The van der Waals surface area contributed by atoms with E-state index < -0.39 is 42.9 Å². The van der Waals surface area contributed by atoms with Crippen LogP contribution >= 0.6 is 0 Å².